The zero-order valence-electron chi connectivity index (χ0n) is 0.500. The second-order valence-corrected chi connectivity index (χ2v) is 0. The van der Waals surface area contributed by atoms with Crippen LogP contribution in [0, 0.1) is 0 Å². The molecule has 2 N–H and O–H groups in total. The summed E-state index contributed by atoms with van der Waals surface area (Å²) in [7, 11) is 0. The van der Waals surface area contributed by atoms with Gasteiger partial charge >= 0.3 is 70.2 Å². The van der Waals surface area contributed by atoms with Gasteiger partial charge in [-0.2, -0.15) is 0 Å². The fourth-order valence-corrected chi connectivity index (χ4v) is 0. The Bertz CT molecular complexity index is 8.00. The fourth-order valence-electron chi connectivity index (χ4n) is 0. The molecule has 0 aromatic rings. The summed E-state index contributed by atoms with van der Waals surface area (Å²) in [6, 6.07) is 0. The fraction of sp³-hybridized carbons (Fsp3) is 0. The van der Waals surface area contributed by atoms with Crippen LogP contribution in [0.1, 0.15) is 0 Å². The zero-order valence-corrected chi connectivity index (χ0v) is 0.500. The molecule has 0 aliphatic carbocycles. The van der Waals surface area contributed by atoms with Crippen LogP contribution in [-0.4, -0.2) is 93.1 Å². The molecule has 0 aliphatic rings. The molecule has 0 amide bonds. The Balaban J connectivity index is 0. The molecule has 0 spiro atoms. The van der Waals surface area contributed by atoms with E-state index in [4.69, 9.17) is 0 Å². The summed E-state index contributed by atoms with van der Waals surface area (Å²) in [5.74, 6) is 0. The molecule has 0 heterocycles. The average Bonchev–Trinajstić information content (AvgIpc) is 0. The third-order valence-corrected chi connectivity index (χ3v) is 0. The molecule has 0 saturated heterocycles. The molecule has 0 rings (SSSR count). The van der Waals surface area contributed by atoms with E-state index < -0.39 is 0 Å². The monoisotopic (exact) mass is 96.0 g/mol. The maximum atomic E-state index is 0. The predicted molar refractivity (Wildman–Crippen MR) is 27.9 cm³/mol. The average molecular weight is 96.1 g/mol. The van der Waals surface area contributed by atoms with Crippen LogP contribution < -0.4 is 0 Å². The molecule has 0 radical (unpaired) electrons. The Morgan fingerprint density at radius 3 is 1.00 bits per heavy atom. The van der Waals surface area contributed by atoms with Gasteiger partial charge in [-0.05, 0) is 0 Å². The first-order chi connectivity index (χ1) is 0. The van der Waals surface area contributed by atoms with E-state index >= 15 is 0 Å². The summed E-state index contributed by atoms with van der Waals surface area (Å²) >= 11 is 0. The molecular formula is H7AlKLiO. The van der Waals surface area contributed by atoms with Crippen molar-refractivity contribution >= 4 is 87.6 Å². The molecule has 0 aliphatic heterocycles. The minimum atomic E-state index is 0. The summed E-state index contributed by atoms with van der Waals surface area (Å²) in [6.45, 7) is 0. The van der Waals surface area contributed by atoms with Gasteiger partial charge in [0, 0.05) is 0 Å². The number of rotatable bonds is 0. The molecule has 0 unspecified atom stereocenters. The second kappa shape index (κ2) is 17.2. The van der Waals surface area contributed by atoms with Crippen molar-refractivity contribution in [2.75, 3.05) is 0 Å². The Morgan fingerprint density at radius 1 is 1.00 bits per heavy atom. The van der Waals surface area contributed by atoms with Crippen molar-refractivity contribution in [1.29, 1.82) is 0 Å². The molecule has 0 aromatic carbocycles. The van der Waals surface area contributed by atoms with Gasteiger partial charge < -0.3 is 5.48 Å². The quantitative estimate of drug-likeness (QED) is 0.283. The SMILES string of the molecule is O.[AlH3].[KH].[LiH]. The zero-order chi connectivity index (χ0) is 0. The molecule has 4 heteroatoms. The van der Waals surface area contributed by atoms with Crippen molar-refractivity contribution in [2.45, 2.75) is 0 Å². The molecular weight excluding hydrogens is 89.0 g/mol. The Morgan fingerprint density at radius 2 is 1.00 bits per heavy atom. The van der Waals surface area contributed by atoms with Crippen LogP contribution in [0.3, 0.4) is 0 Å². The van der Waals surface area contributed by atoms with Crippen molar-refractivity contribution in [2.24, 2.45) is 0 Å². The molecule has 0 fully saturated rings. The third-order valence-electron chi connectivity index (χ3n) is 0. The summed E-state index contributed by atoms with van der Waals surface area (Å²) in [5.41, 5.74) is 0. The van der Waals surface area contributed by atoms with E-state index in [-0.39, 0.29) is 93.1 Å². The third kappa shape index (κ3) is 8.83. The van der Waals surface area contributed by atoms with Gasteiger partial charge in [0.1, 0.15) is 0 Å². The molecule has 0 bridgehead atoms. The Hall–Kier alpha value is 2.73. The maximum absolute atomic E-state index is 0. The van der Waals surface area contributed by atoms with E-state index in [0.717, 1.165) is 0 Å². The van der Waals surface area contributed by atoms with Crippen LogP contribution >= 0.6 is 0 Å². The molecule has 4 heavy (non-hydrogen) atoms. The van der Waals surface area contributed by atoms with Crippen molar-refractivity contribution in [1.82, 2.24) is 0 Å². The topological polar surface area (TPSA) is 31.5 Å². The minimum absolute atomic E-state index is 0. The van der Waals surface area contributed by atoms with Gasteiger partial charge in [-0.3, -0.25) is 0 Å². The van der Waals surface area contributed by atoms with Crippen molar-refractivity contribution < 1.29 is 5.48 Å². The molecule has 0 saturated carbocycles. The molecule has 0 aromatic heterocycles. The van der Waals surface area contributed by atoms with Crippen LogP contribution in [0.5, 0.6) is 0 Å². The standard InChI is InChI=1S/Al.K.Li.H2O.5H/h;;;1H2;;;;;. The van der Waals surface area contributed by atoms with Gasteiger partial charge in [-0.25, -0.2) is 0 Å². The number of hydrogen-bond donors (Lipinski definition) is 0. The first kappa shape index (κ1) is 29.7. The predicted octanol–water partition coefficient (Wildman–Crippen LogP) is -3.31. The summed E-state index contributed by atoms with van der Waals surface area (Å²) < 4.78 is 0. The van der Waals surface area contributed by atoms with Crippen LogP contribution in [0.4, 0.5) is 0 Å². The van der Waals surface area contributed by atoms with Gasteiger partial charge in [0.2, 0.25) is 0 Å². The molecule has 0 atom stereocenters. The Labute approximate surface area is 90.9 Å². The van der Waals surface area contributed by atoms with Crippen molar-refractivity contribution in [3.8, 4) is 0 Å². The van der Waals surface area contributed by atoms with E-state index in [0.29, 0.717) is 0 Å². The second-order valence-electron chi connectivity index (χ2n) is 0. The normalized spacial score (nSPS) is 0. The first-order valence-electron chi connectivity index (χ1n) is 0. The summed E-state index contributed by atoms with van der Waals surface area (Å²) in [4.78, 5) is 0. The van der Waals surface area contributed by atoms with Crippen molar-refractivity contribution in [3.63, 3.8) is 0 Å². The van der Waals surface area contributed by atoms with E-state index in [1.165, 1.54) is 0 Å². The van der Waals surface area contributed by atoms with Crippen LogP contribution in [0.15, 0.2) is 0 Å². The summed E-state index contributed by atoms with van der Waals surface area (Å²) in [5, 5.41) is 0. The van der Waals surface area contributed by atoms with Gasteiger partial charge in [-0.15, -0.1) is 0 Å². The first-order valence-corrected chi connectivity index (χ1v) is 0. The van der Waals surface area contributed by atoms with E-state index in [9.17, 15) is 0 Å². The van der Waals surface area contributed by atoms with Gasteiger partial charge in [-0.1, -0.05) is 0 Å². The van der Waals surface area contributed by atoms with Crippen molar-refractivity contribution in [3.05, 3.63) is 0 Å². The Kier molecular flexibility index (Phi) is 128. The van der Waals surface area contributed by atoms with Crippen LogP contribution in [0.25, 0.3) is 0 Å². The summed E-state index contributed by atoms with van der Waals surface area (Å²) in [6.07, 6.45) is 0. The van der Waals surface area contributed by atoms with E-state index in [1.54, 1.807) is 0 Å². The van der Waals surface area contributed by atoms with Gasteiger partial charge in [0.25, 0.3) is 0 Å². The van der Waals surface area contributed by atoms with E-state index in [1.807, 2.05) is 0 Å². The number of hydrogen-bond acceptors (Lipinski definition) is 0. The molecule has 1 nitrogen and oxygen atoms in total. The van der Waals surface area contributed by atoms with Gasteiger partial charge in [0.15, 0.2) is 17.4 Å². The van der Waals surface area contributed by atoms with E-state index in [2.05, 4.69) is 0 Å². The molecule has 18 valence electrons. The van der Waals surface area contributed by atoms with Gasteiger partial charge in [0.05, 0.1) is 0 Å². The van der Waals surface area contributed by atoms with Crippen LogP contribution in [0.2, 0.25) is 0 Å². The van der Waals surface area contributed by atoms with Crippen LogP contribution in [-0.2, 0) is 0 Å².